The first-order chi connectivity index (χ1) is 29.8. The summed E-state index contributed by atoms with van der Waals surface area (Å²) >= 11 is 0. The largest absolute Gasteiger partial charge is 0.478 e. The number of allylic oxidation sites excluding steroid dienone is 2. The van der Waals surface area contributed by atoms with Gasteiger partial charge >= 0.3 is 5.97 Å². The molecule has 15 nitrogen and oxygen atoms in total. The second kappa shape index (κ2) is 19.7. The summed E-state index contributed by atoms with van der Waals surface area (Å²) < 4.78 is 0. The van der Waals surface area contributed by atoms with Crippen molar-refractivity contribution in [2.24, 2.45) is 46.0 Å². The number of carboxylic acids is 1. The highest BCUT2D eigenvalue weighted by Crippen LogP contribution is 2.53. The molecule has 4 aliphatic rings. The van der Waals surface area contributed by atoms with Crippen LogP contribution in [0.5, 0.6) is 0 Å². The fourth-order valence-corrected chi connectivity index (χ4v) is 10.9. The number of carboxylic acid groups (broad SMARTS) is 1. The minimum atomic E-state index is -1.76. The van der Waals surface area contributed by atoms with Gasteiger partial charge in [-0.25, -0.2) is 9.79 Å². The Hall–Kier alpha value is -4.90. The zero-order valence-corrected chi connectivity index (χ0v) is 34.9. The first-order valence-electron chi connectivity index (χ1n) is 22.0. The summed E-state index contributed by atoms with van der Waals surface area (Å²) in [7, 11) is 0. The van der Waals surface area contributed by atoms with Crippen LogP contribution < -0.4 is 22.1 Å². The predicted octanol–water partition coefficient (Wildman–Crippen LogP) is 2.79. The summed E-state index contributed by atoms with van der Waals surface area (Å²) in [6, 6.07) is 12.0. The predicted molar refractivity (Wildman–Crippen MR) is 235 cm³/mol. The zero-order valence-electron chi connectivity index (χ0n) is 34.9. The van der Waals surface area contributed by atoms with Gasteiger partial charge in [-0.3, -0.25) is 0 Å². The maximum Gasteiger partial charge on any atom is 0.328 e. The number of rotatable bonds is 20. The van der Waals surface area contributed by atoms with Crippen molar-refractivity contribution in [3.8, 4) is 0 Å². The molecule has 3 aromatic rings. The fourth-order valence-electron chi connectivity index (χ4n) is 10.9. The number of nitrogens with zero attached hydrogens (tertiary/aromatic N) is 1. The molecule has 0 radical (unpaired) electrons. The average Bonchev–Trinajstić information content (AvgIpc) is 3.76. The van der Waals surface area contributed by atoms with Crippen molar-refractivity contribution >= 4 is 41.1 Å². The van der Waals surface area contributed by atoms with Gasteiger partial charge in [-0.2, -0.15) is 0 Å². The van der Waals surface area contributed by atoms with Crippen molar-refractivity contribution in [1.82, 2.24) is 10.3 Å². The third-order valence-electron chi connectivity index (χ3n) is 14.1. The monoisotopic (exact) mass is 854 g/mol. The molecule has 334 valence electrons. The molecular formula is C47H62N6O9. The molecule has 2 aromatic carbocycles. The minimum absolute atomic E-state index is 0.00137. The number of aliphatic hydroxyl groups excluding tert-OH is 3. The summed E-state index contributed by atoms with van der Waals surface area (Å²) in [5, 5.41) is 70.5. The number of benzene rings is 2. The van der Waals surface area contributed by atoms with Gasteiger partial charge in [0.15, 0.2) is 12.2 Å². The maximum absolute atomic E-state index is 12.8. The van der Waals surface area contributed by atoms with E-state index in [0.717, 1.165) is 41.7 Å². The number of guanidine groups is 1. The summed E-state index contributed by atoms with van der Waals surface area (Å²) in [5.41, 5.74) is 15.2. The zero-order chi connectivity index (χ0) is 44.1. The van der Waals surface area contributed by atoms with Crippen LogP contribution in [0.15, 0.2) is 77.5 Å². The number of hydrogen-bond acceptors (Lipinski definition) is 13. The van der Waals surface area contributed by atoms with Crippen LogP contribution in [0.4, 0.5) is 5.82 Å². The van der Waals surface area contributed by atoms with E-state index < -0.39 is 54.6 Å². The number of aromatic amines is 1. The lowest BCUT2D eigenvalue weighted by Gasteiger charge is -2.50. The molecule has 3 aliphatic carbocycles. The average molecular weight is 855 g/mol. The van der Waals surface area contributed by atoms with Crippen LogP contribution in [0.1, 0.15) is 80.4 Å². The molecule has 1 aromatic heterocycles. The molecule has 0 amide bonds. The summed E-state index contributed by atoms with van der Waals surface area (Å²) in [6.07, 6.45) is 11.6. The Morgan fingerprint density at radius 2 is 1.85 bits per heavy atom. The molecule has 1 saturated carbocycles. The Morgan fingerprint density at radius 3 is 2.56 bits per heavy atom. The minimum Gasteiger partial charge on any atom is -0.478 e. The van der Waals surface area contributed by atoms with Gasteiger partial charge in [0.25, 0.3) is 0 Å². The normalized spacial score (nSPS) is 29.5. The van der Waals surface area contributed by atoms with Crippen molar-refractivity contribution < 1.29 is 45.0 Å². The number of hydrogen-bond donors (Lipinski definition) is 11. The van der Waals surface area contributed by atoms with Gasteiger partial charge < -0.3 is 67.3 Å². The fraction of sp³-hybridized carbons (Fsp3) is 0.532. The number of carbonyl (C=O) groups is 3. The Balaban J connectivity index is 1.25. The Morgan fingerprint density at radius 1 is 1.05 bits per heavy atom. The van der Waals surface area contributed by atoms with Crippen molar-refractivity contribution in [3.63, 3.8) is 0 Å². The van der Waals surface area contributed by atoms with E-state index in [1.807, 2.05) is 18.2 Å². The van der Waals surface area contributed by atoms with E-state index in [1.165, 1.54) is 17.2 Å². The smallest absolute Gasteiger partial charge is 0.328 e. The Bertz CT molecular complexity index is 2140. The van der Waals surface area contributed by atoms with Gasteiger partial charge in [0.1, 0.15) is 30.1 Å². The molecule has 12 atom stereocenters. The topological polar surface area (TPSA) is 277 Å². The number of nitrogens with one attached hydrogen (secondary N) is 3. The number of aldehydes is 2. The summed E-state index contributed by atoms with van der Waals surface area (Å²) in [4.78, 5) is 44.1. The van der Waals surface area contributed by atoms with E-state index in [4.69, 9.17) is 16.5 Å². The SMILES string of the molecule is NC1=NC(C(=CC(=O)O)C(CC2C3C=CC(CCC(N)CCC(C=O)CCC(O)O)C2c2cc4cc(CC=O)ccc4cc2C3)Nc2ccc[nH]2)C2CCC(O)(CO)C(O)C2N1. The highest BCUT2D eigenvalue weighted by Gasteiger charge is 2.53. The molecule has 0 saturated heterocycles. The number of anilines is 1. The number of aliphatic carboxylic acids is 1. The van der Waals surface area contributed by atoms with Crippen LogP contribution in [-0.4, -0.2) is 109 Å². The third-order valence-corrected chi connectivity index (χ3v) is 14.1. The van der Waals surface area contributed by atoms with E-state index in [0.29, 0.717) is 56.3 Å². The standard InChI is InChI=1S/C47H62N6O9/c48-33(10-4-27(24-55)5-12-40(57)58)11-9-28-7-8-30-20-32-19-29-6-3-26(14-17-54)18-31(29)21-35(32)42(28)36(30)22-38(51-39-2-1-16-50-39)37(23-41(59)60)43-34-13-15-47(62,25-56)45(61)44(34)53-46(49)52-43/h1-3,6-8,16-19,21,23-24,27-28,30,33-34,36,38,40,42-45,50-51,56-58,61-62H,4-5,9-15,20,22,25,48H2,(H,59,60)(H3,49,52,53). The molecule has 12 unspecified atom stereocenters. The van der Waals surface area contributed by atoms with Crippen LogP contribution in [0.2, 0.25) is 0 Å². The molecule has 1 aliphatic heterocycles. The summed E-state index contributed by atoms with van der Waals surface area (Å²) in [5.74, 6) is -1.08. The van der Waals surface area contributed by atoms with Crippen molar-refractivity contribution in [3.05, 3.63) is 89.2 Å². The van der Waals surface area contributed by atoms with E-state index in [2.05, 4.69) is 52.0 Å². The van der Waals surface area contributed by atoms with E-state index in [9.17, 15) is 45.0 Å². The van der Waals surface area contributed by atoms with Crippen LogP contribution in [0.25, 0.3) is 10.8 Å². The second-order valence-electron chi connectivity index (χ2n) is 18.1. The van der Waals surface area contributed by atoms with Gasteiger partial charge in [0.2, 0.25) is 0 Å². The quantitative estimate of drug-likeness (QED) is 0.0338. The van der Waals surface area contributed by atoms with Crippen molar-refractivity contribution in [2.45, 2.75) is 119 Å². The highest BCUT2D eigenvalue weighted by atomic mass is 16.5. The lowest BCUT2D eigenvalue weighted by molar-refractivity contribution is -0.149. The molecule has 62 heavy (non-hydrogen) atoms. The van der Waals surface area contributed by atoms with Crippen molar-refractivity contribution in [2.75, 3.05) is 11.9 Å². The van der Waals surface area contributed by atoms with E-state index in [1.54, 1.807) is 6.20 Å². The Kier molecular flexibility index (Phi) is 14.3. The van der Waals surface area contributed by atoms with Crippen LogP contribution in [-0.2, 0) is 27.2 Å². The molecular weight excluding hydrogens is 793 g/mol. The molecule has 1 fully saturated rings. The highest BCUT2D eigenvalue weighted by molar-refractivity contribution is 5.86. The van der Waals surface area contributed by atoms with Gasteiger partial charge in [-0.1, -0.05) is 42.5 Å². The van der Waals surface area contributed by atoms with E-state index in [-0.39, 0.29) is 54.4 Å². The number of fused-ring (bicyclic) bond motifs is 6. The molecule has 15 heteroatoms. The number of nitrogens with two attached hydrogens (primary N) is 2. The van der Waals surface area contributed by atoms with Gasteiger partial charge in [0, 0.05) is 36.6 Å². The number of aliphatic imine (C=N–C) groups is 1. The number of H-pyrrole nitrogens is 1. The maximum atomic E-state index is 12.8. The van der Waals surface area contributed by atoms with Crippen LogP contribution in [0, 0.1) is 29.6 Å². The van der Waals surface area contributed by atoms with Gasteiger partial charge in [-0.05, 0) is 133 Å². The summed E-state index contributed by atoms with van der Waals surface area (Å²) in [6.45, 7) is -0.649. The lowest BCUT2D eigenvalue weighted by Crippen LogP contribution is -2.67. The van der Waals surface area contributed by atoms with Crippen LogP contribution in [0.3, 0.4) is 0 Å². The molecule has 0 spiro atoms. The molecule has 2 bridgehead atoms. The van der Waals surface area contributed by atoms with Crippen molar-refractivity contribution in [1.29, 1.82) is 0 Å². The first-order valence-corrected chi connectivity index (χ1v) is 22.0. The van der Waals surface area contributed by atoms with Gasteiger partial charge in [-0.15, -0.1) is 0 Å². The lowest BCUT2D eigenvalue weighted by atomic mass is 9.58. The van der Waals surface area contributed by atoms with E-state index >= 15 is 0 Å². The Labute approximate surface area is 361 Å². The molecule has 13 N–H and O–H groups in total. The third kappa shape index (κ3) is 9.98. The van der Waals surface area contributed by atoms with Crippen LogP contribution >= 0.6 is 0 Å². The number of aromatic nitrogens is 1. The number of carbonyl (C=O) groups excluding carboxylic acids is 2. The van der Waals surface area contributed by atoms with Gasteiger partial charge in [0.05, 0.1) is 24.7 Å². The molecule has 2 heterocycles. The first kappa shape index (κ1) is 45.1. The number of aliphatic hydroxyl groups is 5. The molecule has 7 rings (SSSR count). The second-order valence-corrected chi connectivity index (χ2v) is 18.1.